The van der Waals surface area contributed by atoms with Crippen LogP contribution in [0.3, 0.4) is 0 Å². The van der Waals surface area contributed by atoms with Gasteiger partial charge in [-0.2, -0.15) is 15.0 Å². The zero-order chi connectivity index (χ0) is 12.3. The number of hydrogen-bond donors (Lipinski definition) is 1. The molecule has 0 spiro atoms. The molecule has 0 amide bonds. The summed E-state index contributed by atoms with van der Waals surface area (Å²) in [6.45, 7) is 2.79. The fourth-order valence-corrected chi connectivity index (χ4v) is 1.99. The van der Waals surface area contributed by atoms with Crippen LogP contribution in [0.15, 0.2) is 12.2 Å². The maximum atomic E-state index is 5.67. The Morgan fingerprint density at radius 3 is 2.82 bits per heavy atom. The van der Waals surface area contributed by atoms with Crippen molar-refractivity contribution in [2.75, 3.05) is 12.3 Å². The average molecular weight is 255 g/mol. The van der Waals surface area contributed by atoms with Crippen LogP contribution in [0, 0.1) is 11.8 Å². The molecule has 0 radical (unpaired) electrons. The summed E-state index contributed by atoms with van der Waals surface area (Å²) >= 11 is 5.67. The first-order chi connectivity index (χ1) is 8.15. The third-order valence-corrected chi connectivity index (χ3v) is 3.12. The van der Waals surface area contributed by atoms with Gasteiger partial charge >= 0.3 is 6.01 Å². The van der Waals surface area contributed by atoms with Gasteiger partial charge in [0.1, 0.15) is 0 Å². The lowest BCUT2D eigenvalue weighted by molar-refractivity contribution is 0.186. The molecule has 1 heterocycles. The molecule has 0 saturated carbocycles. The van der Waals surface area contributed by atoms with Crippen molar-refractivity contribution in [2.24, 2.45) is 11.8 Å². The number of ether oxygens (including phenoxy) is 1. The average Bonchev–Trinajstić information content (AvgIpc) is 2.27. The summed E-state index contributed by atoms with van der Waals surface area (Å²) in [6, 6.07) is 0.198. The third kappa shape index (κ3) is 3.30. The van der Waals surface area contributed by atoms with E-state index in [0.717, 1.165) is 12.8 Å². The van der Waals surface area contributed by atoms with E-state index in [1.54, 1.807) is 0 Å². The second-order valence-electron chi connectivity index (χ2n) is 4.24. The van der Waals surface area contributed by atoms with E-state index in [1.165, 1.54) is 0 Å². The molecule has 6 heteroatoms. The van der Waals surface area contributed by atoms with E-state index in [2.05, 4.69) is 34.0 Å². The van der Waals surface area contributed by atoms with Crippen molar-refractivity contribution in [1.29, 1.82) is 0 Å². The quantitative estimate of drug-likeness (QED) is 0.836. The Bertz CT molecular complexity index is 404. The number of nitrogen functional groups attached to an aromatic ring is 1. The molecule has 2 rings (SSSR count). The van der Waals surface area contributed by atoms with E-state index in [-0.39, 0.29) is 17.2 Å². The second-order valence-corrected chi connectivity index (χ2v) is 4.57. The Balaban J connectivity index is 1.95. The lowest BCUT2D eigenvalue weighted by atomic mass is 9.85. The van der Waals surface area contributed by atoms with Gasteiger partial charge in [0, 0.05) is 0 Å². The lowest BCUT2D eigenvalue weighted by Crippen LogP contribution is -2.21. The van der Waals surface area contributed by atoms with Gasteiger partial charge < -0.3 is 10.5 Å². The minimum atomic E-state index is 0.0593. The minimum absolute atomic E-state index is 0.0593. The number of hydrogen-bond acceptors (Lipinski definition) is 5. The van der Waals surface area contributed by atoms with Gasteiger partial charge in [0.2, 0.25) is 11.2 Å². The van der Waals surface area contributed by atoms with Gasteiger partial charge in [-0.05, 0) is 36.3 Å². The van der Waals surface area contributed by atoms with Crippen molar-refractivity contribution >= 4 is 17.5 Å². The molecule has 1 aliphatic carbocycles. The second kappa shape index (κ2) is 5.31. The molecule has 92 valence electrons. The summed E-state index contributed by atoms with van der Waals surface area (Å²) in [4.78, 5) is 11.4. The molecule has 1 aromatic heterocycles. The molecule has 1 aromatic rings. The molecule has 0 aromatic carbocycles. The summed E-state index contributed by atoms with van der Waals surface area (Å²) in [5, 5.41) is 0.0593. The molecule has 2 atom stereocenters. The molecule has 0 saturated heterocycles. The van der Waals surface area contributed by atoms with Crippen molar-refractivity contribution in [2.45, 2.75) is 19.8 Å². The van der Waals surface area contributed by atoms with Gasteiger partial charge in [-0.25, -0.2) is 0 Å². The lowest BCUT2D eigenvalue weighted by Gasteiger charge is -2.24. The number of aromatic nitrogens is 3. The Morgan fingerprint density at radius 2 is 2.12 bits per heavy atom. The van der Waals surface area contributed by atoms with Gasteiger partial charge in [-0.1, -0.05) is 19.1 Å². The Morgan fingerprint density at radius 1 is 1.35 bits per heavy atom. The number of anilines is 1. The van der Waals surface area contributed by atoms with Crippen LogP contribution >= 0.6 is 11.6 Å². The van der Waals surface area contributed by atoms with Gasteiger partial charge in [0.05, 0.1) is 6.61 Å². The largest absolute Gasteiger partial charge is 0.463 e. The first-order valence-corrected chi connectivity index (χ1v) is 5.98. The summed E-state index contributed by atoms with van der Waals surface area (Å²) in [7, 11) is 0. The van der Waals surface area contributed by atoms with Crippen molar-refractivity contribution in [1.82, 2.24) is 15.0 Å². The zero-order valence-corrected chi connectivity index (χ0v) is 10.4. The molecular formula is C11H15ClN4O. The van der Waals surface area contributed by atoms with Crippen LogP contribution in [0.5, 0.6) is 6.01 Å². The summed E-state index contributed by atoms with van der Waals surface area (Å²) in [6.07, 6.45) is 6.51. The van der Waals surface area contributed by atoms with Crippen LogP contribution in [-0.2, 0) is 0 Å². The smallest absolute Gasteiger partial charge is 0.322 e. The highest BCUT2D eigenvalue weighted by Gasteiger charge is 2.19. The van der Waals surface area contributed by atoms with Crippen molar-refractivity contribution in [3.8, 4) is 6.01 Å². The number of nitrogens with zero attached hydrogens (tertiary/aromatic N) is 3. The maximum absolute atomic E-state index is 5.67. The van der Waals surface area contributed by atoms with E-state index < -0.39 is 0 Å². The fraction of sp³-hybridized carbons (Fsp3) is 0.545. The first-order valence-electron chi connectivity index (χ1n) is 5.60. The van der Waals surface area contributed by atoms with Gasteiger partial charge in [-0.15, -0.1) is 0 Å². The number of halogens is 1. The van der Waals surface area contributed by atoms with Crippen LogP contribution in [0.2, 0.25) is 5.28 Å². The predicted octanol–water partition coefficient (Wildman–Crippen LogP) is 2.09. The molecule has 0 aliphatic heterocycles. The van der Waals surface area contributed by atoms with Gasteiger partial charge in [0.25, 0.3) is 0 Å². The van der Waals surface area contributed by atoms with E-state index in [1.807, 2.05) is 0 Å². The number of nitrogens with two attached hydrogens (primary N) is 1. The van der Waals surface area contributed by atoms with Crippen LogP contribution in [-0.4, -0.2) is 21.6 Å². The summed E-state index contributed by atoms with van der Waals surface area (Å²) < 4.78 is 5.52. The predicted molar refractivity (Wildman–Crippen MR) is 65.8 cm³/mol. The highest BCUT2D eigenvalue weighted by Crippen LogP contribution is 2.25. The third-order valence-electron chi connectivity index (χ3n) is 2.95. The van der Waals surface area contributed by atoms with Gasteiger partial charge in [0.15, 0.2) is 0 Å². The van der Waals surface area contributed by atoms with Crippen molar-refractivity contribution in [3.05, 3.63) is 17.4 Å². The Kier molecular flexibility index (Phi) is 3.78. The molecule has 2 N–H and O–H groups in total. The van der Waals surface area contributed by atoms with Crippen LogP contribution in [0.25, 0.3) is 0 Å². The molecule has 0 bridgehead atoms. The van der Waals surface area contributed by atoms with Gasteiger partial charge in [-0.3, -0.25) is 0 Å². The highest BCUT2D eigenvalue weighted by atomic mass is 35.5. The van der Waals surface area contributed by atoms with Crippen LogP contribution in [0.4, 0.5) is 5.95 Å². The maximum Gasteiger partial charge on any atom is 0.322 e. The van der Waals surface area contributed by atoms with Crippen molar-refractivity contribution in [3.63, 3.8) is 0 Å². The van der Waals surface area contributed by atoms with Crippen LogP contribution < -0.4 is 10.5 Å². The first kappa shape index (κ1) is 12.1. The van der Waals surface area contributed by atoms with E-state index in [4.69, 9.17) is 22.1 Å². The molecule has 0 fully saturated rings. The molecule has 17 heavy (non-hydrogen) atoms. The number of allylic oxidation sites excluding steroid dienone is 2. The minimum Gasteiger partial charge on any atom is -0.463 e. The van der Waals surface area contributed by atoms with Crippen LogP contribution in [0.1, 0.15) is 19.8 Å². The Hall–Kier alpha value is -1.36. The zero-order valence-electron chi connectivity index (χ0n) is 9.64. The highest BCUT2D eigenvalue weighted by molar-refractivity contribution is 6.28. The molecule has 2 unspecified atom stereocenters. The molecule has 1 aliphatic rings. The summed E-state index contributed by atoms with van der Waals surface area (Å²) in [5.41, 5.74) is 5.46. The molecule has 5 nitrogen and oxygen atoms in total. The SMILES string of the molecule is CC1CC=CCC1COc1nc(N)nc(Cl)n1. The monoisotopic (exact) mass is 254 g/mol. The van der Waals surface area contributed by atoms with E-state index >= 15 is 0 Å². The normalized spacial score (nSPS) is 23.6. The van der Waals surface area contributed by atoms with Crippen molar-refractivity contribution < 1.29 is 4.74 Å². The molecular weight excluding hydrogens is 240 g/mol. The fourth-order valence-electron chi connectivity index (χ4n) is 1.83. The summed E-state index contributed by atoms with van der Waals surface area (Å²) in [5.74, 6) is 1.17. The van der Waals surface area contributed by atoms with E-state index in [9.17, 15) is 0 Å². The number of rotatable bonds is 3. The topological polar surface area (TPSA) is 73.9 Å². The van der Waals surface area contributed by atoms with E-state index in [0.29, 0.717) is 18.4 Å². The Labute approximate surface area is 105 Å². The standard InChI is InChI=1S/C11H15ClN4O/c1-7-4-2-3-5-8(7)6-17-11-15-9(12)14-10(13)16-11/h2-3,7-8H,4-6H2,1H3,(H2,13,14,15,16).